The van der Waals surface area contributed by atoms with E-state index in [0.717, 1.165) is 25.0 Å². The lowest BCUT2D eigenvalue weighted by Crippen LogP contribution is -2.33. The molecule has 2 N–H and O–H groups in total. The Bertz CT molecular complexity index is 433. The van der Waals surface area contributed by atoms with Crippen LogP contribution in [0.2, 0.25) is 0 Å². The number of phenolic OH excluding ortho intramolecular Hbond substituents is 1. The molecule has 0 bridgehead atoms. The van der Waals surface area contributed by atoms with E-state index in [4.69, 9.17) is 4.74 Å². The van der Waals surface area contributed by atoms with Crippen molar-refractivity contribution in [1.82, 2.24) is 5.32 Å². The van der Waals surface area contributed by atoms with Crippen molar-refractivity contribution < 1.29 is 14.6 Å². The molecule has 1 aliphatic rings. The number of hydrogen-bond acceptors (Lipinski definition) is 3. The van der Waals surface area contributed by atoms with Gasteiger partial charge in [-0.3, -0.25) is 4.79 Å². The van der Waals surface area contributed by atoms with Gasteiger partial charge in [0.1, 0.15) is 5.75 Å². The molecule has 1 fully saturated rings. The maximum Gasteiger partial charge on any atom is 0.224 e. The van der Waals surface area contributed by atoms with Crippen molar-refractivity contribution in [3.63, 3.8) is 0 Å². The highest BCUT2D eigenvalue weighted by atomic mass is 16.5. The van der Waals surface area contributed by atoms with E-state index in [1.54, 1.807) is 18.2 Å². The number of carbonyl (C=O) groups is 1. The molecule has 1 aliphatic heterocycles. The van der Waals surface area contributed by atoms with Gasteiger partial charge in [-0.1, -0.05) is 19.1 Å². The van der Waals surface area contributed by atoms with E-state index in [2.05, 4.69) is 12.2 Å². The van der Waals surface area contributed by atoms with Crippen LogP contribution in [0.1, 0.15) is 25.3 Å². The first-order chi connectivity index (χ1) is 9.19. The molecule has 0 radical (unpaired) electrons. The van der Waals surface area contributed by atoms with E-state index in [1.807, 2.05) is 6.07 Å². The monoisotopic (exact) mass is 263 g/mol. The predicted octanol–water partition coefficient (Wildman–Crippen LogP) is 1.87. The molecule has 0 saturated carbocycles. The predicted molar refractivity (Wildman–Crippen MR) is 73.0 cm³/mol. The first-order valence-corrected chi connectivity index (χ1v) is 6.85. The van der Waals surface area contributed by atoms with Crippen LogP contribution in [0, 0.1) is 5.92 Å². The number of nitrogens with one attached hydrogen (secondary N) is 1. The van der Waals surface area contributed by atoms with Crippen LogP contribution >= 0.6 is 0 Å². The summed E-state index contributed by atoms with van der Waals surface area (Å²) in [7, 11) is 0. The van der Waals surface area contributed by atoms with Crippen molar-refractivity contribution in [2.75, 3.05) is 13.2 Å². The summed E-state index contributed by atoms with van der Waals surface area (Å²) >= 11 is 0. The molecule has 0 aromatic heterocycles. The minimum atomic E-state index is -0.00708. The van der Waals surface area contributed by atoms with Crippen LogP contribution in [0.5, 0.6) is 5.75 Å². The van der Waals surface area contributed by atoms with Crippen molar-refractivity contribution in [1.29, 1.82) is 0 Å². The maximum atomic E-state index is 11.8. The van der Waals surface area contributed by atoms with Crippen LogP contribution in [-0.2, 0) is 16.0 Å². The molecule has 19 heavy (non-hydrogen) atoms. The topological polar surface area (TPSA) is 58.6 Å². The van der Waals surface area contributed by atoms with Crippen molar-refractivity contribution in [3.05, 3.63) is 29.8 Å². The fourth-order valence-electron chi connectivity index (χ4n) is 2.54. The number of benzene rings is 1. The number of rotatable bonds is 5. The Balaban J connectivity index is 1.78. The number of amides is 1. The van der Waals surface area contributed by atoms with Crippen molar-refractivity contribution in [3.8, 4) is 5.75 Å². The van der Waals surface area contributed by atoms with Crippen LogP contribution in [-0.4, -0.2) is 30.3 Å². The van der Waals surface area contributed by atoms with E-state index in [9.17, 15) is 9.90 Å². The second kappa shape index (κ2) is 6.57. The standard InChI is InChI=1S/C15H21NO3/c1-2-14-12(6-7-19-14)10-16-15(18)9-11-4-3-5-13(17)8-11/h3-5,8,12,14,17H,2,6-7,9-10H2,1H3,(H,16,18). The molecule has 0 aliphatic carbocycles. The average molecular weight is 263 g/mol. The van der Waals surface area contributed by atoms with E-state index >= 15 is 0 Å². The van der Waals surface area contributed by atoms with Crippen molar-refractivity contribution in [2.24, 2.45) is 5.92 Å². The number of aromatic hydroxyl groups is 1. The Morgan fingerprint density at radius 2 is 2.37 bits per heavy atom. The quantitative estimate of drug-likeness (QED) is 0.852. The molecule has 2 rings (SSSR count). The molecule has 4 heteroatoms. The summed E-state index contributed by atoms with van der Waals surface area (Å²) in [5.41, 5.74) is 0.826. The number of hydrogen-bond donors (Lipinski definition) is 2. The Labute approximate surface area is 113 Å². The number of ether oxygens (including phenoxy) is 1. The van der Waals surface area contributed by atoms with Gasteiger partial charge in [-0.25, -0.2) is 0 Å². The highest BCUT2D eigenvalue weighted by Crippen LogP contribution is 2.22. The third-order valence-electron chi connectivity index (χ3n) is 3.59. The fourth-order valence-corrected chi connectivity index (χ4v) is 2.54. The first kappa shape index (κ1) is 13.9. The third-order valence-corrected chi connectivity index (χ3v) is 3.59. The minimum absolute atomic E-state index is 0.00708. The zero-order valence-corrected chi connectivity index (χ0v) is 11.3. The van der Waals surface area contributed by atoms with Gasteiger partial charge in [0.25, 0.3) is 0 Å². The second-order valence-electron chi connectivity index (χ2n) is 5.02. The normalized spacial score (nSPS) is 22.4. The van der Waals surface area contributed by atoms with E-state index in [-0.39, 0.29) is 17.8 Å². The molecular weight excluding hydrogens is 242 g/mol. The Hall–Kier alpha value is -1.55. The van der Waals surface area contributed by atoms with Gasteiger partial charge < -0.3 is 15.2 Å². The van der Waals surface area contributed by atoms with Crippen LogP contribution in [0.3, 0.4) is 0 Å². The summed E-state index contributed by atoms with van der Waals surface area (Å²) in [5.74, 6) is 0.617. The molecule has 1 saturated heterocycles. The minimum Gasteiger partial charge on any atom is -0.508 e. The van der Waals surface area contributed by atoms with Crippen LogP contribution in [0.4, 0.5) is 0 Å². The molecule has 1 amide bonds. The van der Waals surface area contributed by atoms with Gasteiger partial charge in [-0.15, -0.1) is 0 Å². The lowest BCUT2D eigenvalue weighted by atomic mass is 9.99. The fraction of sp³-hybridized carbons (Fsp3) is 0.533. The molecular formula is C15H21NO3. The van der Waals surface area contributed by atoms with Gasteiger partial charge in [0.05, 0.1) is 12.5 Å². The van der Waals surface area contributed by atoms with Gasteiger partial charge in [0.15, 0.2) is 0 Å². The molecule has 2 atom stereocenters. The zero-order valence-electron chi connectivity index (χ0n) is 11.3. The molecule has 1 aromatic carbocycles. The van der Waals surface area contributed by atoms with Crippen LogP contribution in [0.15, 0.2) is 24.3 Å². The Kier molecular flexibility index (Phi) is 4.80. The number of phenols is 1. The summed E-state index contributed by atoms with van der Waals surface area (Å²) in [6, 6.07) is 6.80. The van der Waals surface area contributed by atoms with Gasteiger partial charge in [0, 0.05) is 19.1 Å². The summed E-state index contributed by atoms with van der Waals surface area (Å²) in [5, 5.41) is 12.3. The smallest absolute Gasteiger partial charge is 0.224 e. The van der Waals surface area contributed by atoms with Gasteiger partial charge in [-0.2, -0.15) is 0 Å². The highest BCUT2D eigenvalue weighted by molar-refractivity contribution is 5.78. The Morgan fingerprint density at radius 3 is 3.11 bits per heavy atom. The summed E-state index contributed by atoms with van der Waals surface area (Å²) in [6.45, 7) is 3.58. The SMILES string of the molecule is CCC1OCCC1CNC(=O)Cc1cccc(O)c1. The van der Waals surface area contributed by atoms with E-state index in [1.165, 1.54) is 0 Å². The lowest BCUT2D eigenvalue weighted by Gasteiger charge is -2.17. The molecule has 104 valence electrons. The van der Waals surface area contributed by atoms with Crippen LogP contribution in [0.25, 0.3) is 0 Å². The summed E-state index contributed by atoms with van der Waals surface area (Å²) in [4.78, 5) is 11.8. The molecule has 1 heterocycles. The largest absolute Gasteiger partial charge is 0.508 e. The van der Waals surface area contributed by atoms with Gasteiger partial charge in [0.2, 0.25) is 5.91 Å². The molecule has 4 nitrogen and oxygen atoms in total. The van der Waals surface area contributed by atoms with E-state index in [0.29, 0.717) is 18.9 Å². The zero-order chi connectivity index (χ0) is 13.7. The third kappa shape index (κ3) is 3.96. The summed E-state index contributed by atoms with van der Waals surface area (Å²) in [6.07, 6.45) is 2.60. The van der Waals surface area contributed by atoms with Crippen molar-refractivity contribution in [2.45, 2.75) is 32.3 Å². The highest BCUT2D eigenvalue weighted by Gasteiger charge is 2.26. The van der Waals surface area contributed by atoms with E-state index < -0.39 is 0 Å². The molecule has 0 spiro atoms. The number of carbonyl (C=O) groups excluding carboxylic acids is 1. The van der Waals surface area contributed by atoms with Crippen molar-refractivity contribution >= 4 is 5.91 Å². The lowest BCUT2D eigenvalue weighted by molar-refractivity contribution is -0.120. The second-order valence-corrected chi connectivity index (χ2v) is 5.02. The maximum absolute atomic E-state index is 11.8. The molecule has 2 unspecified atom stereocenters. The summed E-state index contributed by atoms with van der Waals surface area (Å²) < 4.78 is 5.60. The van der Waals surface area contributed by atoms with Gasteiger partial charge in [-0.05, 0) is 30.5 Å². The molecule has 1 aromatic rings. The first-order valence-electron chi connectivity index (χ1n) is 6.85. The Morgan fingerprint density at radius 1 is 1.53 bits per heavy atom. The average Bonchev–Trinajstić information content (AvgIpc) is 2.83. The van der Waals surface area contributed by atoms with Gasteiger partial charge >= 0.3 is 0 Å². The van der Waals surface area contributed by atoms with Crippen LogP contribution < -0.4 is 5.32 Å².